The lowest BCUT2D eigenvalue weighted by Crippen LogP contribution is -2.47. The number of nitrogens with one attached hydrogen (secondary N) is 1. The number of ether oxygens (including phenoxy) is 1. The van der Waals surface area contributed by atoms with E-state index in [1.165, 1.54) is 30.5 Å². The second-order valence-corrected chi connectivity index (χ2v) is 6.34. The van der Waals surface area contributed by atoms with Crippen molar-refractivity contribution in [1.82, 2.24) is 10.3 Å². The SMILES string of the molecule is COC1(C)CCCN(c2cnccc2CNC2CC2)C1. The fourth-order valence-corrected chi connectivity index (χ4v) is 2.97. The lowest BCUT2D eigenvalue weighted by Gasteiger charge is -2.41. The monoisotopic (exact) mass is 275 g/mol. The fraction of sp³-hybridized carbons (Fsp3) is 0.688. The number of piperidine rings is 1. The molecule has 3 rings (SSSR count). The average Bonchev–Trinajstić information content (AvgIpc) is 3.30. The topological polar surface area (TPSA) is 37.4 Å². The van der Waals surface area contributed by atoms with E-state index in [9.17, 15) is 0 Å². The van der Waals surface area contributed by atoms with Crippen LogP contribution in [0.3, 0.4) is 0 Å². The summed E-state index contributed by atoms with van der Waals surface area (Å²) in [6.07, 6.45) is 8.86. The molecule has 110 valence electrons. The molecule has 20 heavy (non-hydrogen) atoms. The molecule has 1 aromatic rings. The first kappa shape index (κ1) is 13.8. The van der Waals surface area contributed by atoms with Gasteiger partial charge in [0, 0.05) is 39.0 Å². The van der Waals surface area contributed by atoms with Crippen LogP contribution in [0.5, 0.6) is 0 Å². The van der Waals surface area contributed by atoms with Crippen LogP contribution in [0.2, 0.25) is 0 Å². The Morgan fingerprint density at radius 2 is 2.35 bits per heavy atom. The van der Waals surface area contributed by atoms with E-state index in [1.807, 2.05) is 19.5 Å². The molecule has 1 aliphatic carbocycles. The van der Waals surface area contributed by atoms with Crippen LogP contribution < -0.4 is 10.2 Å². The van der Waals surface area contributed by atoms with Gasteiger partial charge in [-0.25, -0.2) is 0 Å². The normalized spacial score (nSPS) is 26.8. The Morgan fingerprint density at radius 3 is 3.10 bits per heavy atom. The van der Waals surface area contributed by atoms with Gasteiger partial charge < -0.3 is 15.0 Å². The number of hydrogen-bond acceptors (Lipinski definition) is 4. The van der Waals surface area contributed by atoms with E-state index in [2.05, 4.69) is 28.2 Å². The predicted molar refractivity (Wildman–Crippen MR) is 81.0 cm³/mol. The Morgan fingerprint density at radius 1 is 1.50 bits per heavy atom. The Kier molecular flexibility index (Phi) is 3.94. The maximum Gasteiger partial charge on any atom is 0.0825 e. The van der Waals surface area contributed by atoms with Gasteiger partial charge in [-0.3, -0.25) is 4.98 Å². The molecule has 1 aliphatic heterocycles. The van der Waals surface area contributed by atoms with Gasteiger partial charge in [0.1, 0.15) is 0 Å². The van der Waals surface area contributed by atoms with Crippen molar-refractivity contribution in [2.24, 2.45) is 0 Å². The van der Waals surface area contributed by atoms with E-state index in [4.69, 9.17) is 4.74 Å². The fourth-order valence-electron chi connectivity index (χ4n) is 2.97. The van der Waals surface area contributed by atoms with Crippen molar-refractivity contribution in [1.29, 1.82) is 0 Å². The second kappa shape index (κ2) is 5.70. The first-order valence-electron chi connectivity index (χ1n) is 7.66. The first-order chi connectivity index (χ1) is 9.70. The van der Waals surface area contributed by atoms with E-state index >= 15 is 0 Å². The van der Waals surface area contributed by atoms with Gasteiger partial charge in [0.15, 0.2) is 0 Å². The number of methoxy groups -OCH3 is 1. The number of anilines is 1. The Balaban J connectivity index is 1.74. The Bertz CT molecular complexity index is 461. The average molecular weight is 275 g/mol. The summed E-state index contributed by atoms with van der Waals surface area (Å²) in [6.45, 7) is 5.20. The Labute approximate surface area is 121 Å². The number of rotatable bonds is 5. The van der Waals surface area contributed by atoms with Gasteiger partial charge in [0.05, 0.1) is 17.5 Å². The van der Waals surface area contributed by atoms with Crippen LogP contribution in [0.4, 0.5) is 5.69 Å². The zero-order valence-electron chi connectivity index (χ0n) is 12.6. The minimum Gasteiger partial charge on any atom is -0.377 e. The summed E-state index contributed by atoms with van der Waals surface area (Å²) in [6, 6.07) is 2.88. The van der Waals surface area contributed by atoms with Gasteiger partial charge in [-0.05, 0) is 44.2 Å². The second-order valence-electron chi connectivity index (χ2n) is 6.34. The molecule has 1 saturated heterocycles. The summed E-state index contributed by atoms with van der Waals surface area (Å²) in [4.78, 5) is 6.76. The van der Waals surface area contributed by atoms with Crippen molar-refractivity contribution in [3.05, 3.63) is 24.0 Å². The van der Waals surface area contributed by atoms with Crippen molar-refractivity contribution in [3.63, 3.8) is 0 Å². The van der Waals surface area contributed by atoms with Gasteiger partial charge in [-0.2, -0.15) is 0 Å². The lowest BCUT2D eigenvalue weighted by molar-refractivity contribution is -0.00469. The van der Waals surface area contributed by atoms with Crippen LogP contribution in [-0.4, -0.2) is 36.8 Å². The third kappa shape index (κ3) is 3.13. The maximum atomic E-state index is 5.70. The Hall–Kier alpha value is -1.13. The minimum absolute atomic E-state index is 0.0325. The van der Waals surface area contributed by atoms with E-state index < -0.39 is 0 Å². The van der Waals surface area contributed by atoms with Gasteiger partial charge in [0.2, 0.25) is 0 Å². The summed E-state index contributed by atoms with van der Waals surface area (Å²) in [5.41, 5.74) is 2.59. The lowest BCUT2D eigenvalue weighted by atomic mass is 9.94. The van der Waals surface area contributed by atoms with Crippen molar-refractivity contribution >= 4 is 5.69 Å². The molecular weight excluding hydrogens is 250 g/mol. The number of nitrogens with zero attached hydrogens (tertiary/aromatic N) is 2. The molecule has 4 nitrogen and oxygen atoms in total. The van der Waals surface area contributed by atoms with E-state index in [0.29, 0.717) is 0 Å². The van der Waals surface area contributed by atoms with E-state index in [0.717, 1.165) is 32.1 Å². The van der Waals surface area contributed by atoms with Crippen LogP contribution in [0.25, 0.3) is 0 Å². The van der Waals surface area contributed by atoms with Crippen molar-refractivity contribution in [2.75, 3.05) is 25.1 Å². The zero-order valence-corrected chi connectivity index (χ0v) is 12.6. The van der Waals surface area contributed by atoms with E-state index in [-0.39, 0.29) is 5.60 Å². The van der Waals surface area contributed by atoms with Crippen LogP contribution in [0.15, 0.2) is 18.5 Å². The highest BCUT2D eigenvalue weighted by molar-refractivity contribution is 5.52. The highest BCUT2D eigenvalue weighted by Gasteiger charge is 2.31. The van der Waals surface area contributed by atoms with Gasteiger partial charge in [-0.15, -0.1) is 0 Å². The minimum atomic E-state index is -0.0325. The molecule has 0 amide bonds. The van der Waals surface area contributed by atoms with Crippen molar-refractivity contribution < 1.29 is 4.74 Å². The van der Waals surface area contributed by atoms with Gasteiger partial charge in [-0.1, -0.05) is 0 Å². The standard InChI is InChI=1S/C16H25N3O/c1-16(20-2)7-3-9-19(12-16)15-11-17-8-6-13(15)10-18-14-4-5-14/h6,8,11,14,18H,3-5,7,9-10,12H2,1-2H3. The molecule has 2 fully saturated rings. The molecule has 0 spiro atoms. The number of aromatic nitrogens is 1. The summed E-state index contributed by atoms with van der Waals surface area (Å²) >= 11 is 0. The van der Waals surface area contributed by atoms with Crippen LogP contribution >= 0.6 is 0 Å². The molecule has 0 radical (unpaired) electrons. The molecule has 1 unspecified atom stereocenters. The molecule has 1 saturated carbocycles. The zero-order chi connectivity index (χ0) is 14.0. The highest BCUT2D eigenvalue weighted by atomic mass is 16.5. The van der Waals surface area contributed by atoms with Crippen LogP contribution in [-0.2, 0) is 11.3 Å². The third-order valence-electron chi connectivity index (χ3n) is 4.54. The number of hydrogen-bond donors (Lipinski definition) is 1. The predicted octanol–water partition coefficient (Wildman–Crippen LogP) is 2.34. The van der Waals surface area contributed by atoms with Crippen molar-refractivity contribution in [3.8, 4) is 0 Å². The largest absolute Gasteiger partial charge is 0.377 e. The summed E-state index contributed by atoms with van der Waals surface area (Å²) in [5.74, 6) is 0. The molecule has 2 heterocycles. The van der Waals surface area contributed by atoms with Crippen molar-refractivity contribution in [2.45, 2.75) is 50.8 Å². The quantitative estimate of drug-likeness (QED) is 0.895. The summed E-state index contributed by atoms with van der Waals surface area (Å²) in [5, 5.41) is 3.60. The molecule has 1 atom stereocenters. The van der Waals surface area contributed by atoms with Gasteiger partial charge in [0.25, 0.3) is 0 Å². The summed E-state index contributed by atoms with van der Waals surface area (Å²) < 4.78 is 5.70. The molecule has 1 N–H and O–H groups in total. The van der Waals surface area contributed by atoms with Crippen LogP contribution in [0.1, 0.15) is 38.2 Å². The third-order valence-corrected chi connectivity index (χ3v) is 4.54. The number of pyridine rings is 1. The summed E-state index contributed by atoms with van der Waals surface area (Å²) in [7, 11) is 1.82. The molecule has 0 bridgehead atoms. The molecule has 1 aromatic heterocycles. The molecule has 2 aliphatic rings. The first-order valence-corrected chi connectivity index (χ1v) is 7.66. The molecule has 0 aromatic carbocycles. The maximum absolute atomic E-state index is 5.70. The molecular formula is C16H25N3O. The smallest absolute Gasteiger partial charge is 0.0825 e. The highest BCUT2D eigenvalue weighted by Crippen LogP contribution is 2.30. The van der Waals surface area contributed by atoms with Crippen LogP contribution in [0, 0.1) is 0 Å². The molecule has 4 heteroatoms. The van der Waals surface area contributed by atoms with Gasteiger partial charge >= 0.3 is 0 Å². The van der Waals surface area contributed by atoms with E-state index in [1.54, 1.807) is 0 Å².